The van der Waals surface area contributed by atoms with E-state index in [1.54, 1.807) is 25.1 Å². The molecule has 3 aromatic rings. The summed E-state index contributed by atoms with van der Waals surface area (Å²) in [7, 11) is 0. The minimum atomic E-state index is -4.60. The molecule has 0 saturated carbocycles. The van der Waals surface area contributed by atoms with Gasteiger partial charge in [0.05, 0.1) is 4.88 Å². The number of aromatic nitrogens is 3. The zero-order chi connectivity index (χ0) is 24.5. The first-order valence-electron chi connectivity index (χ1n) is 10.0. The van der Waals surface area contributed by atoms with Crippen molar-refractivity contribution in [2.24, 2.45) is 0 Å². The van der Waals surface area contributed by atoms with Crippen LogP contribution < -0.4 is 10.6 Å². The normalized spacial score (nSPS) is 18.0. The third-order valence-corrected chi connectivity index (χ3v) is 5.93. The molecule has 13 heteroatoms. The van der Waals surface area contributed by atoms with Crippen LogP contribution in [0, 0.1) is 6.92 Å². The number of carbonyl (C=O) groups excluding carboxylic acids is 2. The zero-order valence-electron chi connectivity index (χ0n) is 17.6. The van der Waals surface area contributed by atoms with Gasteiger partial charge in [-0.2, -0.15) is 13.2 Å². The van der Waals surface area contributed by atoms with Crippen LogP contribution in [0.4, 0.5) is 24.8 Å². The average Bonchev–Trinajstić information content (AvgIpc) is 3.43. The molecule has 0 unspecified atom stereocenters. The Morgan fingerprint density at radius 2 is 2.06 bits per heavy atom. The number of rotatable bonds is 5. The van der Waals surface area contributed by atoms with Crippen molar-refractivity contribution in [2.45, 2.75) is 31.7 Å². The minimum absolute atomic E-state index is 0.0952. The van der Waals surface area contributed by atoms with E-state index >= 15 is 0 Å². The van der Waals surface area contributed by atoms with Gasteiger partial charge in [0.15, 0.2) is 0 Å². The highest BCUT2D eigenvalue weighted by Crippen LogP contribution is 2.32. The van der Waals surface area contributed by atoms with Crippen molar-refractivity contribution >= 4 is 34.9 Å². The summed E-state index contributed by atoms with van der Waals surface area (Å²) in [4.78, 5) is 36.3. The van der Waals surface area contributed by atoms with Crippen LogP contribution in [0.15, 0.2) is 36.7 Å². The van der Waals surface area contributed by atoms with Gasteiger partial charge in [0.25, 0.3) is 0 Å². The molecule has 4 rings (SSSR count). The molecule has 1 aromatic carbocycles. The Balaban J connectivity index is 1.51. The average molecular weight is 493 g/mol. The fourth-order valence-electron chi connectivity index (χ4n) is 3.32. The number of carbonyl (C=O) groups is 2. The number of nitrogens with one attached hydrogen (secondary N) is 2. The predicted octanol–water partition coefficient (Wildman–Crippen LogP) is 3.43. The van der Waals surface area contributed by atoms with E-state index in [2.05, 4.69) is 25.6 Å². The molecule has 178 valence electrons. The van der Waals surface area contributed by atoms with Gasteiger partial charge >= 0.3 is 18.1 Å². The Labute approximate surface area is 195 Å². The number of hydrogen-bond acceptors (Lipinski definition) is 10. The lowest BCUT2D eigenvalue weighted by atomic mass is 10.1. The van der Waals surface area contributed by atoms with Gasteiger partial charge in [-0.25, -0.2) is 24.5 Å². The lowest BCUT2D eigenvalue weighted by Gasteiger charge is -2.18. The van der Waals surface area contributed by atoms with Crippen LogP contribution in [0.3, 0.4) is 0 Å². The number of benzene rings is 1. The van der Waals surface area contributed by atoms with Gasteiger partial charge in [0.2, 0.25) is 16.7 Å². The molecule has 0 amide bonds. The van der Waals surface area contributed by atoms with Gasteiger partial charge in [0.1, 0.15) is 5.69 Å². The van der Waals surface area contributed by atoms with E-state index < -0.39 is 29.5 Å². The van der Waals surface area contributed by atoms with Crippen LogP contribution in [0.5, 0.6) is 0 Å². The third kappa shape index (κ3) is 5.21. The highest BCUT2D eigenvalue weighted by molar-refractivity contribution is 7.16. The molecule has 3 N–H and O–H groups in total. The van der Waals surface area contributed by atoms with Crippen LogP contribution in [-0.4, -0.2) is 44.3 Å². The van der Waals surface area contributed by atoms with Gasteiger partial charge < -0.3 is 15.2 Å². The highest BCUT2D eigenvalue weighted by Gasteiger charge is 2.42. The van der Waals surface area contributed by atoms with E-state index in [1.807, 2.05) is 0 Å². The number of alkyl halides is 3. The second kappa shape index (κ2) is 9.08. The van der Waals surface area contributed by atoms with Crippen LogP contribution in [-0.2, 0) is 15.7 Å². The van der Waals surface area contributed by atoms with Crippen molar-refractivity contribution in [1.29, 1.82) is 0 Å². The van der Waals surface area contributed by atoms with Gasteiger partial charge in [0, 0.05) is 24.5 Å². The van der Waals surface area contributed by atoms with Gasteiger partial charge in [-0.05, 0) is 49.2 Å². The fraction of sp³-hybridized carbons (Fsp3) is 0.286. The van der Waals surface area contributed by atoms with Crippen molar-refractivity contribution in [3.63, 3.8) is 0 Å². The first kappa shape index (κ1) is 23.7. The summed E-state index contributed by atoms with van der Waals surface area (Å²) in [6, 6.07) is 5.89. The Hall–Kier alpha value is -3.42. The van der Waals surface area contributed by atoms with Crippen LogP contribution in [0.25, 0.3) is 10.4 Å². The maximum Gasteiger partial charge on any atom is 0.433 e. The van der Waals surface area contributed by atoms with Crippen molar-refractivity contribution in [3.05, 3.63) is 52.9 Å². The first-order chi connectivity index (χ1) is 16.0. The van der Waals surface area contributed by atoms with Gasteiger partial charge in [-0.15, -0.1) is 11.3 Å². The molecule has 1 atom stereocenters. The van der Waals surface area contributed by atoms with Crippen molar-refractivity contribution in [1.82, 2.24) is 20.3 Å². The summed E-state index contributed by atoms with van der Waals surface area (Å²) in [5.74, 6) is -2.31. The summed E-state index contributed by atoms with van der Waals surface area (Å²) in [5, 5.41) is 15.4. The molecule has 9 nitrogen and oxygen atoms in total. The van der Waals surface area contributed by atoms with Gasteiger partial charge in [-0.3, -0.25) is 5.32 Å². The van der Waals surface area contributed by atoms with Crippen molar-refractivity contribution in [2.75, 3.05) is 11.9 Å². The van der Waals surface area contributed by atoms with E-state index in [4.69, 9.17) is 4.74 Å². The molecule has 1 fully saturated rings. The lowest BCUT2D eigenvalue weighted by molar-refractivity contribution is -0.161. The maximum atomic E-state index is 12.9. The van der Waals surface area contributed by atoms with E-state index in [0.29, 0.717) is 29.1 Å². The number of aryl methyl sites for hydroxylation is 1. The lowest BCUT2D eigenvalue weighted by Crippen LogP contribution is -2.49. The Morgan fingerprint density at radius 3 is 2.76 bits per heavy atom. The fourth-order valence-corrected chi connectivity index (χ4v) is 4.10. The predicted molar refractivity (Wildman–Crippen MR) is 115 cm³/mol. The topological polar surface area (TPSA) is 126 Å². The number of ether oxygens (including phenoxy) is 1. The van der Waals surface area contributed by atoms with Crippen molar-refractivity contribution in [3.8, 4) is 10.4 Å². The molecular weight excluding hydrogens is 475 g/mol. The largest absolute Gasteiger partial charge is 0.433 e. The van der Waals surface area contributed by atoms with E-state index in [0.717, 1.165) is 29.2 Å². The summed E-state index contributed by atoms with van der Waals surface area (Å²) in [6.07, 6.45) is -1.48. The molecule has 0 bridgehead atoms. The zero-order valence-corrected chi connectivity index (χ0v) is 18.5. The Kier molecular flexibility index (Phi) is 6.34. The Bertz CT molecular complexity index is 1240. The SMILES string of the molecule is Cc1cc(Nc2nccc(C(F)(F)F)n2)cc(-c2cnc(C(=O)OC(=O)[C@]3(O)CCCN3)s2)c1. The quantitative estimate of drug-likeness (QED) is 0.362. The second-order valence-corrected chi connectivity index (χ2v) is 8.60. The van der Waals surface area contributed by atoms with Crippen LogP contribution >= 0.6 is 11.3 Å². The van der Waals surface area contributed by atoms with E-state index in [9.17, 15) is 27.9 Å². The van der Waals surface area contributed by atoms with Crippen LogP contribution in [0.1, 0.15) is 33.9 Å². The molecule has 1 aliphatic rings. The summed E-state index contributed by atoms with van der Waals surface area (Å²) in [6.45, 7) is 2.21. The van der Waals surface area contributed by atoms with Crippen LogP contribution in [0.2, 0.25) is 0 Å². The number of esters is 2. The monoisotopic (exact) mass is 493 g/mol. The standard InChI is InChI=1S/C21H18F3N5O4S/c1-11-7-12(9-13(8-11)28-19-25-6-3-15(29-19)21(22,23)24)14-10-26-16(34-14)17(30)33-18(31)20(32)4-2-5-27-20/h3,6-10,27,32H,2,4-5H2,1H3,(H,25,28,29)/t20-/m1/s1. The van der Waals surface area contributed by atoms with E-state index in [1.165, 1.54) is 6.20 Å². The highest BCUT2D eigenvalue weighted by atomic mass is 32.1. The molecular formula is C21H18F3N5O4S. The molecule has 0 spiro atoms. The molecule has 34 heavy (non-hydrogen) atoms. The first-order valence-corrected chi connectivity index (χ1v) is 10.8. The third-order valence-electron chi connectivity index (χ3n) is 4.90. The van der Waals surface area contributed by atoms with E-state index in [-0.39, 0.29) is 17.4 Å². The number of anilines is 2. The summed E-state index contributed by atoms with van der Waals surface area (Å²) >= 11 is 0.959. The van der Waals surface area contributed by atoms with Crippen molar-refractivity contribution < 1.29 is 32.6 Å². The molecule has 1 aliphatic heterocycles. The number of aliphatic hydroxyl groups is 1. The number of halogens is 3. The Morgan fingerprint density at radius 1 is 1.26 bits per heavy atom. The molecule has 0 radical (unpaired) electrons. The molecule has 2 aromatic heterocycles. The molecule has 1 saturated heterocycles. The number of hydrogen-bond donors (Lipinski definition) is 3. The summed E-state index contributed by atoms with van der Waals surface area (Å²) < 4.78 is 43.5. The smallest absolute Gasteiger partial charge is 0.384 e. The second-order valence-electron chi connectivity index (χ2n) is 7.57. The molecule has 3 heterocycles. The summed E-state index contributed by atoms with van der Waals surface area (Å²) in [5.41, 5.74) is -1.15. The minimum Gasteiger partial charge on any atom is -0.384 e. The maximum absolute atomic E-state index is 12.9. The molecule has 0 aliphatic carbocycles. The number of nitrogens with zero attached hydrogens (tertiary/aromatic N) is 3. The number of thiazole rings is 1. The van der Waals surface area contributed by atoms with Gasteiger partial charge in [-0.1, -0.05) is 6.07 Å².